The van der Waals surface area contributed by atoms with Crippen molar-refractivity contribution in [2.45, 2.75) is 57.5 Å². The summed E-state index contributed by atoms with van der Waals surface area (Å²) in [5.41, 5.74) is -4.93. The topological polar surface area (TPSA) is 67.4 Å². The van der Waals surface area contributed by atoms with Crippen molar-refractivity contribution < 1.29 is 40.7 Å². The van der Waals surface area contributed by atoms with Crippen molar-refractivity contribution in [2.24, 2.45) is 0 Å². The molecule has 1 aromatic rings. The van der Waals surface area contributed by atoms with Crippen LogP contribution in [0.15, 0.2) is 12.1 Å². The molecule has 1 unspecified atom stereocenters. The Morgan fingerprint density at radius 2 is 1.76 bits per heavy atom. The Morgan fingerprint density at radius 3 is 2.28 bits per heavy atom. The van der Waals surface area contributed by atoms with E-state index in [1.807, 2.05) is 0 Å². The minimum absolute atomic E-state index is 0.0246. The fourth-order valence-electron chi connectivity index (χ4n) is 2.98. The molecule has 0 fully saturated rings. The molecule has 2 amide bonds. The number of ether oxygens (including phenoxy) is 1. The summed E-state index contributed by atoms with van der Waals surface area (Å²) in [5, 5.41) is 4.45. The van der Waals surface area contributed by atoms with Crippen molar-refractivity contribution in [3.8, 4) is 0 Å². The molecule has 162 valence electrons. The summed E-state index contributed by atoms with van der Waals surface area (Å²) >= 11 is 0. The van der Waals surface area contributed by atoms with Gasteiger partial charge in [0.1, 0.15) is 5.60 Å². The lowest BCUT2D eigenvalue weighted by Gasteiger charge is -2.25. The fraction of sp³-hybridized carbons (Fsp3) is 0.556. The van der Waals surface area contributed by atoms with E-state index in [4.69, 9.17) is 4.74 Å². The number of amides is 2. The van der Waals surface area contributed by atoms with Crippen molar-refractivity contribution >= 4 is 17.7 Å². The SMILES string of the molecule is CC(C)(C)OC(=O)NCC1CCC(=O)Nc2cc(C(F)(F)F)cc(C(F)(F)F)c21. The average Bonchev–Trinajstić information content (AvgIpc) is 2.66. The molecule has 0 aromatic heterocycles. The summed E-state index contributed by atoms with van der Waals surface area (Å²) < 4.78 is 85.0. The number of halogens is 6. The number of anilines is 1. The van der Waals surface area contributed by atoms with E-state index >= 15 is 0 Å². The van der Waals surface area contributed by atoms with Gasteiger partial charge in [-0.2, -0.15) is 26.3 Å². The second-order valence-electron chi connectivity index (χ2n) is 7.65. The predicted octanol–water partition coefficient (Wildman–Crippen LogP) is 5.06. The summed E-state index contributed by atoms with van der Waals surface area (Å²) in [6.45, 7) is 4.44. The van der Waals surface area contributed by atoms with Crippen molar-refractivity contribution in [1.29, 1.82) is 0 Å². The molecule has 0 bridgehead atoms. The molecule has 0 spiro atoms. The molecule has 11 heteroatoms. The molecular weight excluding hydrogens is 406 g/mol. The Kier molecular flexibility index (Phi) is 6.10. The molecule has 1 aliphatic heterocycles. The maximum Gasteiger partial charge on any atom is 0.416 e. The highest BCUT2D eigenvalue weighted by atomic mass is 19.4. The largest absolute Gasteiger partial charge is 0.444 e. The number of fused-ring (bicyclic) bond motifs is 1. The Balaban J connectivity index is 2.48. The fourth-order valence-corrected chi connectivity index (χ4v) is 2.98. The predicted molar refractivity (Wildman–Crippen MR) is 91.3 cm³/mol. The van der Waals surface area contributed by atoms with E-state index in [1.54, 1.807) is 20.8 Å². The van der Waals surface area contributed by atoms with Gasteiger partial charge in [0.05, 0.1) is 11.1 Å². The van der Waals surface area contributed by atoms with Crippen LogP contribution in [0.4, 0.5) is 36.8 Å². The maximum absolute atomic E-state index is 13.6. The number of rotatable bonds is 2. The third kappa shape index (κ3) is 6.01. The van der Waals surface area contributed by atoms with Crippen molar-refractivity contribution in [3.05, 3.63) is 28.8 Å². The molecular formula is C18H20F6N2O3. The monoisotopic (exact) mass is 426 g/mol. The van der Waals surface area contributed by atoms with Crippen LogP contribution in [0.2, 0.25) is 0 Å². The number of alkyl halides is 6. The highest BCUT2D eigenvalue weighted by Crippen LogP contribution is 2.45. The number of hydrogen-bond acceptors (Lipinski definition) is 3. The molecule has 1 heterocycles. The number of carbonyl (C=O) groups is 2. The minimum Gasteiger partial charge on any atom is -0.444 e. The van der Waals surface area contributed by atoms with Crippen LogP contribution in [0.5, 0.6) is 0 Å². The minimum atomic E-state index is -5.09. The molecule has 0 saturated heterocycles. The normalized spacial score (nSPS) is 17.8. The van der Waals surface area contributed by atoms with E-state index in [0.717, 1.165) is 0 Å². The van der Waals surface area contributed by atoms with Crippen LogP contribution < -0.4 is 10.6 Å². The van der Waals surface area contributed by atoms with E-state index in [0.29, 0.717) is 6.07 Å². The summed E-state index contributed by atoms with van der Waals surface area (Å²) in [6, 6.07) is 0.505. The Morgan fingerprint density at radius 1 is 1.14 bits per heavy atom. The molecule has 1 aromatic carbocycles. The molecule has 29 heavy (non-hydrogen) atoms. The first-order valence-corrected chi connectivity index (χ1v) is 8.67. The summed E-state index contributed by atoms with van der Waals surface area (Å²) in [6.07, 6.45) is -11.3. The first-order valence-electron chi connectivity index (χ1n) is 8.67. The lowest BCUT2D eigenvalue weighted by Crippen LogP contribution is -2.35. The number of carbonyl (C=O) groups excluding carboxylic acids is 2. The zero-order chi connectivity index (χ0) is 22.2. The lowest BCUT2D eigenvalue weighted by atomic mass is 9.88. The van der Waals surface area contributed by atoms with Gasteiger partial charge in [-0.05, 0) is 44.9 Å². The van der Waals surface area contributed by atoms with E-state index in [1.165, 1.54) is 0 Å². The van der Waals surface area contributed by atoms with Gasteiger partial charge >= 0.3 is 18.4 Å². The van der Waals surface area contributed by atoms with Crippen molar-refractivity contribution in [1.82, 2.24) is 5.32 Å². The van der Waals surface area contributed by atoms with Gasteiger partial charge in [-0.3, -0.25) is 4.79 Å². The second kappa shape index (κ2) is 7.75. The van der Waals surface area contributed by atoms with Crippen LogP contribution >= 0.6 is 0 Å². The quantitative estimate of drug-likeness (QED) is 0.650. The summed E-state index contributed by atoms with van der Waals surface area (Å²) in [5.74, 6) is -1.76. The van der Waals surface area contributed by atoms with Gasteiger partial charge in [0.2, 0.25) is 5.91 Å². The molecule has 1 atom stereocenters. The lowest BCUT2D eigenvalue weighted by molar-refractivity contribution is -0.143. The molecule has 0 aliphatic carbocycles. The van der Waals surface area contributed by atoms with Crippen molar-refractivity contribution in [3.63, 3.8) is 0 Å². The Hall–Kier alpha value is -2.46. The van der Waals surface area contributed by atoms with Gasteiger partial charge in [0, 0.05) is 24.6 Å². The summed E-state index contributed by atoms with van der Waals surface area (Å²) in [7, 11) is 0. The van der Waals surface area contributed by atoms with Gasteiger partial charge in [-0.1, -0.05) is 0 Å². The van der Waals surface area contributed by atoms with E-state index in [-0.39, 0.29) is 25.5 Å². The zero-order valence-electron chi connectivity index (χ0n) is 15.8. The first kappa shape index (κ1) is 22.8. The van der Waals surface area contributed by atoms with Gasteiger partial charge in [-0.15, -0.1) is 0 Å². The zero-order valence-corrected chi connectivity index (χ0v) is 15.8. The van der Waals surface area contributed by atoms with E-state index in [9.17, 15) is 35.9 Å². The van der Waals surface area contributed by atoms with Crippen LogP contribution in [-0.4, -0.2) is 24.1 Å². The van der Waals surface area contributed by atoms with E-state index in [2.05, 4.69) is 10.6 Å². The van der Waals surface area contributed by atoms with Crippen LogP contribution in [-0.2, 0) is 21.9 Å². The van der Waals surface area contributed by atoms with Crippen molar-refractivity contribution in [2.75, 3.05) is 11.9 Å². The standard InChI is InChI=1S/C18H20F6N2O3/c1-16(2,3)29-15(28)25-8-9-4-5-13(27)26-12-7-10(17(19,20)21)6-11(14(9)12)18(22,23)24/h6-7,9H,4-5,8H2,1-3H3,(H,25,28)(H,26,27). The number of alkyl carbamates (subject to hydrolysis) is 1. The van der Waals surface area contributed by atoms with Gasteiger partial charge in [-0.25, -0.2) is 4.79 Å². The van der Waals surface area contributed by atoms with E-state index < -0.39 is 58.2 Å². The third-order valence-corrected chi connectivity index (χ3v) is 4.11. The smallest absolute Gasteiger partial charge is 0.416 e. The highest BCUT2D eigenvalue weighted by molar-refractivity contribution is 5.93. The first-order chi connectivity index (χ1) is 13.1. The van der Waals surface area contributed by atoms with Gasteiger partial charge in [0.25, 0.3) is 0 Å². The molecule has 2 rings (SSSR count). The number of hydrogen-bond donors (Lipinski definition) is 2. The van der Waals surface area contributed by atoms with Crippen LogP contribution in [0.3, 0.4) is 0 Å². The third-order valence-electron chi connectivity index (χ3n) is 4.11. The summed E-state index contributed by atoms with van der Waals surface area (Å²) in [4.78, 5) is 23.7. The molecule has 2 N–H and O–H groups in total. The molecule has 5 nitrogen and oxygen atoms in total. The number of nitrogens with one attached hydrogen (secondary N) is 2. The van der Waals surface area contributed by atoms with Gasteiger partial charge < -0.3 is 15.4 Å². The van der Waals surface area contributed by atoms with Crippen LogP contribution in [0.25, 0.3) is 0 Å². The maximum atomic E-state index is 13.6. The highest BCUT2D eigenvalue weighted by Gasteiger charge is 2.42. The van der Waals surface area contributed by atoms with Crippen LogP contribution in [0, 0.1) is 0 Å². The molecule has 0 saturated carbocycles. The van der Waals surface area contributed by atoms with Crippen LogP contribution in [0.1, 0.15) is 56.2 Å². The second-order valence-corrected chi connectivity index (χ2v) is 7.65. The molecule has 0 radical (unpaired) electrons. The number of benzene rings is 1. The Labute approximate surface area is 162 Å². The van der Waals surface area contributed by atoms with Gasteiger partial charge in [0.15, 0.2) is 0 Å². The Bertz CT molecular complexity index is 797. The molecule has 1 aliphatic rings. The average molecular weight is 426 g/mol.